The van der Waals surface area contributed by atoms with Crippen molar-refractivity contribution in [1.82, 2.24) is 29.7 Å². The third-order valence-corrected chi connectivity index (χ3v) is 9.40. The molecule has 5 aromatic rings. The number of fused-ring (bicyclic) bond motifs is 2. The van der Waals surface area contributed by atoms with E-state index in [2.05, 4.69) is 25.9 Å². The quantitative estimate of drug-likeness (QED) is 0.210. The molecule has 0 unspecified atom stereocenters. The van der Waals surface area contributed by atoms with Crippen molar-refractivity contribution in [3.05, 3.63) is 84.5 Å². The first-order valence-corrected chi connectivity index (χ1v) is 16.4. The van der Waals surface area contributed by atoms with Crippen molar-refractivity contribution in [1.29, 1.82) is 5.26 Å². The van der Waals surface area contributed by atoms with E-state index in [-0.39, 0.29) is 60.8 Å². The molecule has 1 N–H and O–H groups in total. The van der Waals surface area contributed by atoms with E-state index < -0.39 is 23.6 Å². The number of carbonyl (C=O) groups is 1. The lowest BCUT2D eigenvalue weighted by molar-refractivity contribution is -0.131. The minimum Gasteiger partial charge on any atom is -0.508 e. The smallest absolute Gasteiger partial charge is 0.319 e. The summed E-state index contributed by atoms with van der Waals surface area (Å²) >= 11 is 0. The second-order valence-corrected chi connectivity index (χ2v) is 12.5. The highest BCUT2D eigenvalue weighted by Crippen LogP contribution is 2.38. The zero-order chi connectivity index (χ0) is 34.8. The van der Waals surface area contributed by atoms with Gasteiger partial charge in [-0.25, -0.2) is 18.7 Å². The molecule has 0 radical (unpaired) electrons. The Morgan fingerprint density at radius 1 is 1.04 bits per heavy atom. The predicted molar refractivity (Wildman–Crippen MR) is 184 cm³/mol. The van der Waals surface area contributed by atoms with Crippen LogP contribution in [0, 0.1) is 17.1 Å². The van der Waals surface area contributed by atoms with Crippen LogP contribution in [0.15, 0.2) is 72.8 Å². The van der Waals surface area contributed by atoms with Crippen LogP contribution in [0.25, 0.3) is 38.9 Å². The Hall–Kier alpha value is -5.74. The van der Waals surface area contributed by atoms with Crippen LogP contribution in [0.4, 0.5) is 14.6 Å². The van der Waals surface area contributed by atoms with Crippen LogP contribution in [0.2, 0.25) is 0 Å². The third-order valence-electron chi connectivity index (χ3n) is 9.40. The molecule has 2 aliphatic rings. The number of rotatable bonds is 8. The molecule has 7 rings (SSSR count). The fourth-order valence-electron chi connectivity index (χ4n) is 6.81. The molecular weight excluding hydrogens is 642 g/mol. The first-order chi connectivity index (χ1) is 24.3. The highest BCUT2D eigenvalue weighted by molar-refractivity contribution is 6.01. The van der Waals surface area contributed by atoms with Gasteiger partial charge in [0.15, 0.2) is 17.5 Å². The van der Waals surface area contributed by atoms with Crippen molar-refractivity contribution in [3.8, 4) is 29.0 Å². The van der Waals surface area contributed by atoms with Gasteiger partial charge in [0.1, 0.15) is 23.7 Å². The van der Waals surface area contributed by atoms with Gasteiger partial charge >= 0.3 is 6.01 Å². The number of ether oxygens (including phenoxy) is 1. The number of piperazine rings is 1. The number of phenols is 1. The lowest BCUT2D eigenvalue weighted by atomic mass is 9.96. The molecule has 2 aliphatic heterocycles. The number of aromatic hydroxyl groups is 1. The molecule has 0 bridgehead atoms. The summed E-state index contributed by atoms with van der Waals surface area (Å²) in [5.41, 5.74) is 0.785. The number of likely N-dealkylation sites (tertiary alicyclic amines) is 1. The Kier molecular flexibility index (Phi) is 9.19. The van der Waals surface area contributed by atoms with Gasteiger partial charge in [0.25, 0.3) is 5.91 Å². The number of hydrogen-bond donors (Lipinski definition) is 1. The molecule has 254 valence electrons. The van der Waals surface area contributed by atoms with Crippen molar-refractivity contribution < 1.29 is 23.4 Å². The van der Waals surface area contributed by atoms with E-state index in [1.165, 1.54) is 23.4 Å². The standard InChI is InChI=1S/C37H34F2N8O3/c1-45-15-4-7-25(45)22-50-37-43-34-29(10-9-28(33(34)39)30-19-26(48)18-23-6-2-3-8-27(23)30)35(44-37)46-16-17-47(24(21-46)11-12-40)36(49)31(38)20-32-41-13-5-14-42-32/h2-3,5-6,8-10,13-14,18-20,24-25,48H,4,7,11,15-17,21-22H2,1H3/b31-20-/t24-,25-/m0/s1. The SMILES string of the molecule is CN1CCC[C@H]1COc1nc(N2CCN(C(=O)/C(F)=C/c3ncccn3)[C@@H](CC#N)C2)c2ccc(-c3cc(O)cc4ccccc34)c(F)c2n1. The number of benzene rings is 3. The number of carbonyl (C=O) groups excluding carboxylic acids is 1. The molecule has 2 aromatic heterocycles. The van der Waals surface area contributed by atoms with Gasteiger partial charge in [-0.3, -0.25) is 4.79 Å². The second kappa shape index (κ2) is 14.0. The Bertz CT molecular complexity index is 2140. The Labute approximate surface area is 287 Å². The summed E-state index contributed by atoms with van der Waals surface area (Å²) in [4.78, 5) is 35.9. The van der Waals surface area contributed by atoms with E-state index in [0.29, 0.717) is 23.4 Å². The topological polar surface area (TPSA) is 132 Å². The van der Waals surface area contributed by atoms with E-state index >= 15 is 8.78 Å². The molecule has 13 heteroatoms. The largest absolute Gasteiger partial charge is 0.508 e. The third kappa shape index (κ3) is 6.49. The molecule has 2 atom stereocenters. The maximum Gasteiger partial charge on any atom is 0.319 e. The average Bonchev–Trinajstić information content (AvgIpc) is 3.54. The number of hydrogen-bond acceptors (Lipinski definition) is 10. The van der Waals surface area contributed by atoms with E-state index in [9.17, 15) is 15.2 Å². The molecular formula is C37H34F2N8O3. The fourth-order valence-corrected chi connectivity index (χ4v) is 6.81. The van der Waals surface area contributed by atoms with Gasteiger partial charge in [-0.2, -0.15) is 15.2 Å². The van der Waals surface area contributed by atoms with E-state index in [4.69, 9.17) is 9.72 Å². The average molecular weight is 677 g/mol. The maximum atomic E-state index is 16.8. The van der Waals surface area contributed by atoms with Crippen molar-refractivity contribution >= 4 is 39.5 Å². The van der Waals surface area contributed by atoms with Gasteiger partial charge in [-0.05, 0) is 67.0 Å². The second-order valence-electron chi connectivity index (χ2n) is 12.5. The minimum absolute atomic E-state index is 0.00297. The van der Waals surface area contributed by atoms with Gasteiger partial charge in [0.05, 0.1) is 18.5 Å². The molecule has 1 amide bonds. The lowest BCUT2D eigenvalue weighted by Crippen LogP contribution is -2.55. The van der Waals surface area contributed by atoms with E-state index in [0.717, 1.165) is 36.2 Å². The molecule has 2 fully saturated rings. The Balaban J connectivity index is 1.27. The fraction of sp³-hybridized carbons (Fsp3) is 0.297. The molecule has 0 spiro atoms. The summed E-state index contributed by atoms with van der Waals surface area (Å²) in [5.74, 6) is -2.09. The molecule has 3 aromatic carbocycles. The zero-order valence-corrected chi connectivity index (χ0v) is 27.3. The van der Waals surface area contributed by atoms with Crippen LogP contribution in [-0.4, -0.2) is 92.7 Å². The monoisotopic (exact) mass is 676 g/mol. The van der Waals surface area contributed by atoms with Crippen LogP contribution < -0.4 is 9.64 Å². The van der Waals surface area contributed by atoms with Gasteiger partial charge in [-0.15, -0.1) is 0 Å². The zero-order valence-electron chi connectivity index (χ0n) is 27.3. The molecule has 0 saturated carbocycles. The van der Waals surface area contributed by atoms with Crippen LogP contribution >= 0.6 is 0 Å². The predicted octanol–water partition coefficient (Wildman–Crippen LogP) is 5.50. The highest BCUT2D eigenvalue weighted by Gasteiger charge is 2.34. The number of aromatic nitrogens is 4. The number of nitriles is 1. The summed E-state index contributed by atoms with van der Waals surface area (Å²) < 4.78 is 38.0. The highest BCUT2D eigenvalue weighted by atomic mass is 19.1. The van der Waals surface area contributed by atoms with Gasteiger partial charge in [-0.1, -0.05) is 30.3 Å². The van der Waals surface area contributed by atoms with Crippen molar-refractivity contribution in [2.75, 3.05) is 44.7 Å². The molecule has 2 saturated heterocycles. The number of phenolic OH excluding ortho intramolecular Hbond substituents is 1. The summed E-state index contributed by atoms with van der Waals surface area (Å²) in [5, 5.41) is 22.1. The Morgan fingerprint density at radius 3 is 2.64 bits per heavy atom. The molecule has 50 heavy (non-hydrogen) atoms. The minimum atomic E-state index is -1.04. The molecule has 11 nitrogen and oxygen atoms in total. The molecule has 4 heterocycles. The number of nitrogens with zero attached hydrogens (tertiary/aromatic N) is 8. The lowest BCUT2D eigenvalue weighted by Gasteiger charge is -2.41. The Morgan fingerprint density at radius 2 is 1.86 bits per heavy atom. The van der Waals surface area contributed by atoms with Crippen LogP contribution in [0.1, 0.15) is 25.1 Å². The van der Waals surface area contributed by atoms with E-state index in [1.807, 2.05) is 36.2 Å². The van der Waals surface area contributed by atoms with Crippen LogP contribution in [-0.2, 0) is 4.79 Å². The number of likely N-dealkylation sites (N-methyl/N-ethyl adjacent to an activating group) is 1. The summed E-state index contributed by atoms with van der Waals surface area (Å²) in [6, 6.07) is 17.1. The number of anilines is 1. The van der Waals surface area contributed by atoms with Crippen LogP contribution in [0.3, 0.4) is 0 Å². The van der Waals surface area contributed by atoms with Gasteiger partial charge in [0, 0.05) is 55.1 Å². The summed E-state index contributed by atoms with van der Waals surface area (Å²) in [6.07, 6.45) is 5.79. The van der Waals surface area contributed by atoms with E-state index in [1.54, 1.807) is 24.3 Å². The normalized spacial score (nSPS) is 18.5. The number of amides is 1. The first-order valence-electron chi connectivity index (χ1n) is 16.4. The van der Waals surface area contributed by atoms with Crippen molar-refractivity contribution in [3.63, 3.8) is 0 Å². The van der Waals surface area contributed by atoms with Gasteiger partial charge in [0.2, 0.25) is 0 Å². The first kappa shape index (κ1) is 32.8. The van der Waals surface area contributed by atoms with Crippen LogP contribution in [0.5, 0.6) is 11.8 Å². The van der Waals surface area contributed by atoms with Crippen molar-refractivity contribution in [2.45, 2.75) is 31.3 Å². The summed E-state index contributed by atoms with van der Waals surface area (Å²) in [7, 11) is 2.03. The molecule has 0 aliphatic carbocycles. The number of halogens is 2. The van der Waals surface area contributed by atoms with Crippen molar-refractivity contribution in [2.24, 2.45) is 0 Å². The summed E-state index contributed by atoms with van der Waals surface area (Å²) in [6.45, 7) is 1.69. The van der Waals surface area contributed by atoms with Gasteiger partial charge < -0.3 is 24.5 Å². The maximum absolute atomic E-state index is 16.8.